The summed E-state index contributed by atoms with van der Waals surface area (Å²) >= 11 is 3.40. The lowest BCUT2D eigenvalue weighted by Crippen LogP contribution is -2.28. The molecule has 17 heavy (non-hydrogen) atoms. The van der Waals surface area contributed by atoms with Crippen molar-refractivity contribution in [3.05, 3.63) is 34.1 Å². The Hall–Kier alpha value is -0.410. The Labute approximate surface area is 111 Å². The van der Waals surface area contributed by atoms with Crippen molar-refractivity contribution in [3.63, 3.8) is 0 Å². The number of nitrogens with one attached hydrogen (secondary N) is 1. The van der Waals surface area contributed by atoms with Gasteiger partial charge in [-0.25, -0.2) is 4.39 Å². The van der Waals surface area contributed by atoms with Gasteiger partial charge in [-0.05, 0) is 36.5 Å². The van der Waals surface area contributed by atoms with E-state index in [0.29, 0.717) is 6.04 Å². The first-order valence-corrected chi connectivity index (χ1v) is 7.15. The molecule has 0 amide bonds. The zero-order valence-corrected chi connectivity index (χ0v) is 11.8. The summed E-state index contributed by atoms with van der Waals surface area (Å²) in [6, 6.07) is 5.48. The smallest absolute Gasteiger partial charge is 0.124 e. The summed E-state index contributed by atoms with van der Waals surface area (Å²) in [5.74, 6) is 0.759. The molecule has 1 aliphatic carbocycles. The predicted molar refractivity (Wildman–Crippen MR) is 72.4 cm³/mol. The van der Waals surface area contributed by atoms with Gasteiger partial charge in [0.25, 0.3) is 0 Å². The predicted octanol–water partition coefficient (Wildman–Crippen LogP) is 4.26. The molecule has 0 heterocycles. The van der Waals surface area contributed by atoms with Gasteiger partial charge in [0, 0.05) is 17.1 Å². The van der Waals surface area contributed by atoms with Crippen LogP contribution in [0.5, 0.6) is 0 Å². The lowest BCUT2D eigenvalue weighted by atomic mass is 10.1. The van der Waals surface area contributed by atoms with Crippen LogP contribution in [0.15, 0.2) is 22.7 Å². The number of benzene rings is 1. The Morgan fingerprint density at radius 2 is 2.24 bits per heavy atom. The van der Waals surface area contributed by atoms with Gasteiger partial charge in [-0.1, -0.05) is 41.8 Å². The van der Waals surface area contributed by atoms with Crippen molar-refractivity contribution in [2.75, 3.05) is 0 Å². The summed E-state index contributed by atoms with van der Waals surface area (Å²) in [4.78, 5) is 0. The van der Waals surface area contributed by atoms with E-state index in [9.17, 15) is 4.39 Å². The number of hydrogen-bond acceptors (Lipinski definition) is 1. The van der Waals surface area contributed by atoms with Crippen LogP contribution in [-0.2, 0) is 6.54 Å². The van der Waals surface area contributed by atoms with E-state index in [2.05, 4.69) is 28.2 Å². The average Bonchev–Trinajstić information content (AvgIpc) is 3.10. The lowest BCUT2D eigenvalue weighted by Gasteiger charge is -2.17. The summed E-state index contributed by atoms with van der Waals surface area (Å²) in [5, 5.41) is 3.56. The third-order valence-corrected chi connectivity index (χ3v) is 4.14. The molecule has 2 rings (SSSR count). The third kappa shape index (κ3) is 4.07. The standard InChI is InChI=1S/C14H19BrFN/c1-2-13(7-10-3-4-10)17-9-11-5-6-12(16)8-14(11)15/h5-6,8,10,13,17H,2-4,7,9H2,1H3. The molecule has 0 bridgehead atoms. The Morgan fingerprint density at radius 3 is 2.82 bits per heavy atom. The van der Waals surface area contributed by atoms with Gasteiger partial charge in [0.05, 0.1) is 0 Å². The van der Waals surface area contributed by atoms with Gasteiger partial charge >= 0.3 is 0 Å². The maximum Gasteiger partial charge on any atom is 0.124 e. The summed E-state index contributed by atoms with van der Waals surface area (Å²) in [7, 11) is 0. The van der Waals surface area contributed by atoms with Crippen LogP contribution in [0.4, 0.5) is 4.39 Å². The molecule has 0 aromatic heterocycles. The van der Waals surface area contributed by atoms with Crippen molar-refractivity contribution in [2.45, 2.75) is 45.2 Å². The molecule has 1 N–H and O–H groups in total. The topological polar surface area (TPSA) is 12.0 Å². The van der Waals surface area contributed by atoms with E-state index in [-0.39, 0.29) is 5.82 Å². The highest BCUT2D eigenvalue weighted by Gasteiger charge is 2.24. The minimum Gasteiger partial charge on any atom is -0.310 e. The molecular formula is C14H19BrFN. The van der Waals surface area contributed by atoms with E-state index in [4.69, 9.17) is 0 Å². The number of halogens is 2. The Kier molecular flexibility index (Phi) is 4.57. The first-order chi connectivity index (χ1) is 8.19. The number of hydrogen-bond donors (Lipinski definition) is 1. The highest BCUT2D eigenvalue weighted by Crippen LogP contribution is 2.34. The van der Waals surface area contributed by atoms with Crippen LogP contribution >= 0.6 is 15.9 Å². The fraction of sp³-hybridized carbons (Fsp3) is 0.571. The molecule has 1 aromatic rings. The lowest BCUT2D eigenvalue weighted by molar-refractivity contribution is 0.444. The molecule has 0 radical (unpaired) electrons. The zero-order chi connectivity index (χ0) is 12.3. The molecule has 1 fully saturated rings. The van der Waals surface area contributed by atoms with Crippen LogP contribution in [0.25, 0.3) is 0 Å². The van der Waals surface area contributed by atoms with Gasteiger partial charge in [-0.3, -0.25) is 0 Å². The largest absolute Gasteiger partial charge is 0.310 e. The molecule has 1 saturated carbocycles. The molecular weight excluding hydrogens is 281 g/mol. The van der Waals surface area contributed by atoms with E-state index < -0.39 is 0 Å². The van der Waals surface area contributed by atoms with Crippen molar-refractivity contribution in [1.29, 1.82) is 0 Å². The van der Waals surface area contributed by atoms with Gasteiger partial charge in [-0.2, -0.15) is 0 Å². The van der Waals surface area contributed by atoms with Crippen LogP contribution in [-0.4, -0.2) is 6.04 Å². The van der Waals surface area contributed by atoms with Gasteiger partial charge in [0.1, 0.15) is 5.82 Å². The fourth-order valence-electron chi connectivity index (χ4n) is 2.07. The Morgan fingerprint density at radius 1 is 1.47 bits per heavy atom. The third-order valence-electron chi connectivity index (χ3n) is 3.40. The van der Waals surface area contributed by atoms with Crippen LogP contribution in [0.3, 0.4) is 0 Å². The second-order valence-corrected chi connectivity index (χ2v) is 5.76. The van der Waals surface area contributed by atoms with E-state index in [1.165, 1.54) is 31.4 Å². The molecule has 0 aliphatic heterocycles. The van der Waals surface area contributed by atoms with Gasteiger partial charge in [-0.15, -0.1) is 0 Å². The van der Waals surface area contributed by atoms with Gasteiger partial charge in [0.2, 0.25) is 0 Å². The normalized spacial score (nSPS) is 17.1. The first-order valence-electron chi connectivity index (χ1n) is 6.36. The van der Waals surface area contributed by atoms with Crippen molar-refractivity contribution < 1.29 is 4.39 Å². The maximum atomic E-state index is 12.9. The van der Waals surface area contributed by atoms with Crippen molar-refractivity contribution in [2.24, 2.45) is 5.92 Å². The summed E-state index contributed by atoms with van der Waals surface area (Å²) in [6.07, 6.45) is 5.25. The molecule has 0 saturated heterocycles. The molecule has 1 nitrogen and oxygen atoms in total. The maximum absolute atomic E-state index is 12.9. The fourth-order valence-corrected chi connectivity index (χ4v) is 2.56. The molecule has 1 unspecified atom stereocenters. The van der Waals surface area contributed by atoms with Crippen LogP contribution < -0.4 is 5.32 Å². The SMILES string of the molecule is CCC(CC1CC1)NCc1ccc(F)cc1Br. The van der Waals surface area contributed by atoms with E-state index >= 15 is 0 Å². The monoisotopic (exact) mass is 299 g/mol. The van der Waals surface area contributed by atoms with Crippen LogP contribution in [0, 0.1) is 11.7 Å². The Bertz CT molecular complexity index is 376. The van der Waals surface area contributed by atoms with E-state index in [1.54, 1.807) is 0 Å². The molecule has 3 heteroatoms. The number of rotatable bonds is 6. The zero-order valence-electron chi connectivity index (χ0n) is 10.2. The summed E-state index contributed by atoms with van der Waals surface area (Å²) < 4.78 is 13.8. The second kappa shape index (κ2) is 5.96. The average molecular weight is 300 g/mol. The quantitative estimate of drug-likeness (QED) is 0.828. The Balaban J connectivity index is 1.86. The minimum absolute atomic E-state index is 0.189. The van der Waals surface area contributed by atoms with E-state index in [1.807, 2.05) is 6.07 Å². The van der Waals surface area contributed by atoms with Crippen molar-refractivity contribution >= 4 is 15.9 Å². The van der Waals surface area contributed by atoms with E-state index in [0.717, 1.165) is 28.9 Å². The van der Waals surface area contributed by atoms with Crippen molar-refractivity contribution in [1.82, 2.24) is 5.32 Å². The molecule has 94 valence electrons. The highest BCUT2D eigenvalue weighted by molar-refractivity contribution is 9.10. The summed E-state index contributed by atoms with van der Waals surface area (Å²) in [5.41, 5.74) is 1.13. The van der Waals surface area contributed by atoms with Crippen LogP contribution in [0.1, 0.15) is 38.2 Å². The van der Waals surface area contributed by atoms with Gasteiger partial charge in [0.15, 0.2) is 0 Å². The molecule has 1 aliphatic rings. The first kappa shape index (κ1) is 13.0. The molecule has 1 aromatic carbocycles. The van der Waals surface area contributed by atoms with Gasteiger partial charge < -0.3 is 5.32 Å². The second-order valence-electron chi connectivity index (χ2n) is 4.90. The van der Waals surface area contributed by atoms with Crippen molar-refractivity contribution in [3.8, 4) is 0 Å². The summed E-state index contributed by atoms with van der Waals surface area (Å²) in [6.45, 7) is 3.03. The molecule has 0 spiro atoms. The van der Waals surface area contributed by atoms with Crippen LogP contribution in [0.2, 0.25) is 0 Å². The molecule has 1 atom stereocenters. The highest BCUT2D eigenvalue weighted by atomic mass is 79.9. The minimum atomic E-state index is -0.189.